The Morgan fingerprint density at radius 2 is 2.00 bits per heavy atom. The Kier molecular flexibility index (Phi) is 5.58. The van der Waals surface area contributed by atoms with Crippen LogP contribution >= 0.6 is 0 Å². The summed E-state index contributed by atoms with van der Waals surface area (Å²) < 4.78 is 10.6. The molecule has 108 valence electrons. The number of aliphatic carboxylic acids is 2. The minimum absolute atomic E-state index is 0.300. The zero-order chi connectivity index (χ0) is 15.1. The third kappa shape index (κ3) is 4.64. The maximum atomic E-state index is 10.8. The molecule has 0 amide bonds. The first-order valence-electron chi connectivity index (χ1n) is 6.01. The second kappa shape index (κ2) is 7.18. The van der Waals surface area contributed by atoms with Crippen molar-refractivity contribution in [1.82, 2.24) is 0 Å². The SMILES string of the molecule is CCOc1cc(C=CC(=O)O)ccc1OC(C)C(=O)O. The molecule has 6 nitrogen and oxygen atoms in total. The van der Waals surface area contributed by atoms with Gasteiger partial charge in [0.25, 0.3) is 0 Å². The van der Waals surface area contributed by atoms with E-state index in [0.717, 1.165) is 6.08 Å². The van der Waals surface area contributed by atoms with E-state index in [9.17, 15) is 9.59 Å². The lowest BCUT2D eigenvalue weighted by molar-refractivity contribution is -0.144. The molecule has 1 aromatic carbocycles. The molecule has 0 fully saturated rings. The summed E-state index contributed by atoms with van der Waals surface area (Å²) in [6, 6.07) is 4.75. The van der Waals surface area contributed by atoms with Gasteiger partial charge < -0.3 is 19.7 Å². The van der Waals surface area contributed by atoms with Gasteiger partial charge in [-0.2, -0.15) is 0 Å². The van der Waals surface area contributed by atoms with Crippen LogP contribution in [0.4, 0.5) is 0 Å². The van der Waals surface area contributed by atoms with Crippen LogP contribution in [0.2, 0.25) is 0 Å². The number of carbonyl (C=O) groups is 2. The van der Waals surface area contributed by atoms with E-state index in [1.807, 2.05) is 0 Å². The van der Waals surface area contributed by atoms with Crippen LogP contribution in [0.3, 0.4) is 0 Å². The van der Waals surface area contributed by atoms with Crippen LogP contribution in [0.5, 0.6) is 11.5 Å². The van der Waals surface area contributed by atoms with E-state index in [1.165, 1.54) is 13.0 Å². The molecule has 0 saturated carbocycles. The van der Waals surface area contributed by atoms with Crippen molar-refractivity contribution in [2.45, 2.75) is 20.0 Å². The maximum absolute atomic E-state index is 10.8. The Morgan fingerprint density at radius 1 is 1.30 bits per heavy atom. The van der Waals surface area contributed by atoms with Gasteiger partial charge in [0, 0.05) is 6.08 Å². The Hall–Kier alpha value is -2.50. The van der Waals surface area contributed by atoms with Crippen molar-refractivity contribution in [2.24, 2.45) is 0 Å². The van der Waals surface area contributed by atoms with Crippen LogP contribution in [-0.4, -0.2) is 34.9 Å². The Labute approximate surface area is 116 Å². The Bertz CT molecular complexity index is 520. The second-order valence-corrected chi connectivity index (χ2v) is 3.91. The summed E-state index contributed by atoms with van der Waals surface area (Å²) in [6.07, 6.45) is 1.41. The molecule has 0 spiro atoms. The molecule has 6 heteroatoms. The first-order valence-corrected chi connectivity index (χ1v) is 6.01. The lowest BCUT2D eigenvalue weighted by atomic mass is 10.2. The van der Waals surface area contributed by atoms with Crippen molar-refractivity contribution in [3.8, 4) is 11.5 Å². The molecule has 1 rings (SSSR count). The van der Waals surface area contributed by atoms with E-state index >= 15 is 0 Å². The van der Waals surface area contributed by atoms with Crippen LogP contribution in [0.1, 0.15) is 19.4 Å². The van der Waals surface area contributed by atoms with E-state index in [0.29, 0.717) is 23.7 Å². The number of hydrogen-bond donors (Lipinski definition) is 2. The predicted octanol–water partition coefficient (Wildman–Crippen LogP) is 2.03. The van der Waals surface area contributed by atoms with Crippen LogP contribution in [0, 0.1) is 0 Å². The fourth-order valence-corrected chi connectivity index (χ4v) is 1.40. The standard InChI is InChI=1S/C14H16O6/c1-3-19-12-8-10(5-7-13(15)16)4-6-11(12)20-9(2)14(17)18/h4-9H,3H2,1-2H3,(H,15,16)(H,17,18). The highest BCUT2D eigenvalue weighted by atomic mass is 16.5. The molecule has 0 aromatic heterocycles. The monoisotopic (exact) mass is 280 g/mol. The average molecular weight is 280 g/mol. The van der Waals surface area contributed by atoms with E-state index in [2.05, 4.69) is 0 Å². The summed E-state index contributed by atoms with van der Waals surface area (Å²) in [5.41, 5.74) is 0.617. The van der Waals surface area contributed by atoms with E-state index in [4.69, 9.17) is 19.7 Å². The van der Waals surface area contributed by atoms with Gasteiger partial charge >= 0.3 is 11.9 Å². The maximum Gasteiger partial charge on any atom is 0.344 e. The van der Waals surface area contributed by atoms with E-state index in [-0.39, 0.29) is 0 Å². The molecular weight excluding hydrogens is 264 g/mol. The van der Waals surface area contributed by atoms with Crippen LogP contribution in [0.15, 0.2) is 24.3 Å². The van der Waals surface area contributed by atoms with Crippen molar-refractivity contribution in [2.75, 3.05) is 6.61 Å². The van der Waals surface area contributed by atoms with Gasteiger partial charge in [0.05, 0.1) is 6.61 Å². The zero-order valence-corrected chi connectivity index (χ0v) is 11.2. The van der Waals surface area contributed by atoms with Crippen molar-refractivity contribution in [3.63, 3.8) is 0 Å². The van der Waals surface area contributed by atoms with E-state index in [1.54, 1.807) is 25.1 Å². The topological polar surface area (TPSA) is 93.1 Å². The quantitative estimate of drug-likeness (QED) is 0.742. The summed E-state index contributed by atoms with van der Waals surface area (Å²) in [7, 11) is 0. The van der Waals surface area contributed by atoms with Gasteiger partial charge in [-0.1, -0.05) is 6.07 Å². The van der Waals surface area contributed by atoms with Crippen molar-refractivity contribution >= 4 is 18.0 Å². The minimum Gasteiger partial charge on any atom is -0.490 e. The second-order valence-electron chi connectivity index (χ2n) is 3.91. The molecule has 20 heavy (non-hydrogen) atoms. The minimum atomic E-state index is -1.08. The third-order valence-electron chi connectivity index (χ3n) is 2.34. The Morgan fingerprint density at radius 3 is 2.55 bits per heavy atom. The van der Waals surface area contributed by atoms with Gasteiger partial charge in [-0.15, -0.1) is 0 Å². The first kappa shape index (κ1) is 15.6. The molecule has 0 heterocycles. The normalized spacial score (nSPS) is 12.1. The fourth-order valence-electron chi connectivity index (χ4n) is 1.40. The number of carboxylic acids is 2. The molecular formula is C14H16O6. The van der Waals surface area contributed by atoms with Crippen LogP contribution in [-0.2, 0) is 9.59 Å². The van der Waals surface area contributed by atoms with Gasteiger partial charge in [-0.25, -0.2) is 9.59 Å². The number of rotatable bonds is 7. The highest BCUT2D eigenvalue weighted by Crippen LogP contribution is 2.29. The van der Waals surface area contributed by atoms with Crippen LogP contribution < -0.4 is 9.47 Å². The smallest absolute Gasteiger partial charge is 0.344 e. The highest BCUT2D eigenvalue weighted by Gasteiger charge is 2.15. The molecule has 0 saturated heterocycles. The predicted molar refractivity (Wildman–Crippen MR) is 72.0 cm³/mol. The zero-order valence-electron chi connectivity index (χ0n) is 11.2. The van der Waals surface area contributed by atoms with Crippen molar-refractivity contribution in [3.05, 3.63) is 29.8 Å². The van der Waals surface area contributed by atoms with Gasteiger partial charge in [-0.05, 0) is 37.6 Å². The van der Waals surface area contributed by atoms with Gasteiger partial charge in [0.15, 0.2) is 17.6 Å². The summed E-state index contributed by atoms with van der Waals surface area (Å²) in [5.74, 6) is -1.47. The third-order valence-corrected chi connectivity index (χ3v) is 2.34. The average Bonchev–Trinajstić information content (AvgIpc) is 2.38. The summed E-state index contributed by atoms with van der Waals surface area (Å²) >= 11 is 0. The number of hydrogen-bond acceptors (Lipinski definition) is 4. The Balaban J connectivity index is 3.00. The summed E-state index contributed by atoms with van der Waals surface area (Å²) in [6.45, 7) is 3.57. The van der Waals surface area contributed by atoms with Crippen molar-refractivity contribution < 1.29 is 29.3 Å². The largest absolute Gasteiger partial charge is 0.490 e. The van der Waals surface area contributed by atoms with Crippen molar-refractivity contribution in [1.29, 1.82) is 0 Å². The first-order chi connectivity index (χ1) is 9.43. The summed E-state index contributed by atoms with van der Waals surface area (Å²) in [4.78, 5) is 21.2. The molecule has 0 bridgehead atoms. The lowest BCUT2D eigenvalue weighted by Gasteiger charge is -2.15. The highest BCUT2D eigenvalue weighted by molar-refractivity contribution is 5.85. The van der Waals surface area contributed by atoms with Crippen LogP contribution in [0.25, 0.3) is 6.08 Å². The lowest BCUT2D eigenvalue weighted by Crippen LogP contribution is -2.23. The van der Waals surface area contributed by atoms with Gasteiger partial charge in [0.1, 0.15) is 0 Å². The van der Waals surface area contributed by atoms with Gasteiger partial charge in [-0.3, -0.25) is 0 Å². The summed E-state index contributed by atoms with van der Waals surface area (Å²) in [5, 5.41) is 17.4. The number of ether oxygens (including phenoxy) is 2. The number of benzene rings is 1. The molecule has 1 unspecified atom stereocenters. The number of carboxylic acid groups (broad SMARTS) is 2. The molecule has 0 aliphatic carbocycles. The molecule has 0 aliphatic heterocycles. The fraction of sp³-hybridized carbons (Fsp3) is 0.286. The molecule has 0 radical (unpaired) electrons. The molecule has 1 atom stereocenters. The molecule has 0 aliphatic rings. The molecule has 2 N–H and O–H groups in total. The van der Waals surface area contributed by atoms with E-state index < -0.39 is 18.0 Å². The van der Waals surface area contributed by atoms with Gasteiger partial charge in [0.2, 0.25) is 0 Å². The molecule has 1 aromatic rings.